The predicted octanol–water partition coefficient (Wildman–Crippen LogP) is 3.40. The van der Waals surface area contributed by atoms with Crippen LogP contribution in [0.15, 0.2) is 0 Å². The summed E-state index contributed by atoms with van der Waals surface area (Å²) in [6.45, 7) is 6.94. The maximum absolute atomic E-state index is 11.6. The first kappa shape index (κ1) is 12.5. The van der Waals surface area contributed by atoms with Crippen LogP contribution in [-0.2, 0) is 9.53 Å². The minimum absolute atomic E-state index is 0.0329. The molecule has 2 heteroatoms. The molecular formula is C13H24O2. The first-order chi connectivity index (χ1) is 7.19. The number of hydrogen-bond acceptors (Lipinski definition) is 2. The van der Waals surface area contributed by atoms with Crippen LogP contribution in [0.1, 0.15) is 52.9 Å². The van der Waals surface area contributed by atoms with E-state index in [4.69, 9.17) is 4.74 Å². The predicted molar refractivity (Wildman–Crippen MR) is 61.5 cm³/mol. The zero-order valence-electron chi connectivity index (χ0n) is 10.3. The molecular weight excluding hydrogens is 188 g/mol. The molecule has 2 nitrogen and oxygen atoms in total. The fourth-order valence-electron chi connectivity index (χ4n) is 2.55. The van der Waals surface area contributed by atoms with E-state index in [2.05, 4.69) is 13.8 Å². The Morgan fingerprint density at radius 1 is 1.40 bits per heavy atom. The van der Waals surface area contributed by atoms with Crippen LogP contribution in [0.2, 0.25) is 0 Å². The summed E-state index contributed by atoms with van der Waals surface area (Å²) in [6.07, 6.45) is 5.79. The Kier molecular flexibility index (Phi) is 5.13. The van der Waals surface area contributed by atoms with Crippen molar-refractivity contribution in [3.63, 3.8) is 0 Å². The second kappa shape index (κ2) is 6.14. The average molecular weight is 212 g/mol. The van der Waals surface area contributed by atoms with Gasteiger partial charge in [-0.1, -0.05) is 33.1 Å². The molecule has 0 aromatic heterocycles. The van der Waals surface area contributed by atoms with Crippen molar-refractivity contribution >= 4 is 5.97 Å². The second-order valence-corrected chi connectivity index (χ2v) is 4.76. The van der Waals surface area contributed by atoms with Gasteiger partial charge >= 0.3 is 5.97 Å². The highest BCUT2D eigenvalue weighted by atomic mass is 16.5. The molecule has 1 fully saturated rings. The molecule has 0 spiro atoms. The molecule has 0 radical (unpaired) electrons. The first-order valence-corrected chi connectivity index (χ1v) is 6.35. The van der Waals surface area contributed by atoms with E-state index >= 15 is 0 Å². The molecule has 0 aromatic rings. The van der Waals surface area contributed by atoms with Crippen LogP contribution in [0.4, 0.5) is 0 Å². The van der Waals surface area contributed by atoms with Gasteiger partial charge < -0.3 is 4.74 Å². The minimum atomic E-state index is 0.0329. The van der Waals surface area contributed by atoms with Gasteiger partial charge in [-0.05, 0) is 31.6 Å². The summed E-state index contributed by atoms with van der Waals surface area (Å²) < 4.78 is 5.10. The third-order valence-corrected chi connectivity index (χ3v) is 3.78. The maximum Gasteiger partial charge on any atom is 0.308 e. The van der Waals surface area contributed by atoms with Gasteiger partial charge in [-0.25, -0.2) is 0 Å². The Labute approximate surface area is 93.4 Å². The lowest BCUT2D eigenvalue weighted by molar-refractivity contribution is -0.149. The van der Waals surface area contributed by atoms with Crippen LogP contribution in [0.5, 0.6) is 0 Å². The van der Waals surface area contributed by atoms with Gasteiger partial charge in [0, 0.05) is 0 Å². The normalized spacial score (nSPS) is 28.5. The van der Waals surface area contributed by atoms with Gasteiger partial charge in [0.1, 0.15) is 0 Å². The van der Waals surface area contributed by atoms with E-state index in [0.29, 0.717) is 6.61 Å². The maximum atomic E-state index is 11.6. The van der Waals surface area contributed by atoms with E-state index in [-0.39, 0.29) is 11.9 Å². The molecule has 1 rings (SSSR count). The van der Waals surface area contributed by atoms with Crippen LogP contribution in [-0.4, -0.2) is 12.6 Å². The van der Waals surface area contributed by atoms with Gasteiger partial charge in [-0.3, -0.25) is 4.79 Å². The van der Waals surface area contributed by atoms with E-state index in [9.17, 15) is 4.79 Å². The molecule has 1 unspecified atom stereocenters. The lowest BCUT2D eigenvalue weighted by Crippen LogP contribution is -2.27. The van der Waals surface area contributed by atoms with E-state index in [1.165, 1.54) is 19.3 Å². The van der Waals surface area contributed by atoms with Crippen molar-refractivity contribution in [3.05, 3.63) is 0 Å². The Hall–Kier alpha value is -0.530. The van der Waals surface area contributed by atoms with E-state index < -0.39 is 0 Å². The number of esters is 1. The number of ether oxygens (including phenoxy) is 1. The van der Waals surface area contributed by atoms with Crippen molar-refractivity contribution in [1.82, 2.24) is 0 Å². The fraction of sp³-hybridized carbons (Fsp3) is 0.923. The molecule has 0 aliphatic heterocycles. The molecule has 88 valence electrons. The molecule has 0 amide bonds. The fourth-order valence-corrected chi connectivity index (χ4v) is 2.55. The van der Waals surface area contributed by atoms with Crippen molar-refractivity contribution in [3.8, 4) is 0 Å². The summed E-state index contributed by atoms with van der Waals surface area (Å²) in [5.41, 5.74) is 0. The summed E-state index contributed by atoms with van der Waals surface area (Å²) >= 11 is 0. The SMILES string of the molecule is CCOC(=O)[C@H]1CCC[C@H](C(C)CC)C1. The van der Waals surface area contributed by atoms with Crippen LogP contribution in [0.25, 0.3) is 0 Å². The lowest BCUT2D eigenvalue weighted by atomic mass is 9.75. The number of rotatable bonds is 4. The monoisotopic (exact) mass is 212 g/mol. The van der Waals surface area contributed by atoms with E-state index in [0.717, 1.165) is 24.7 Å². The standard InChI is InChI=1S/C13H24O2/c1-4-10(3)11-7-6-8-12(9-11)13(14)15-5-2/h10-12H,4-9H2,1-3H3/t10?,11-,12-/m0/s1. The Morgan fingerprint density at radius 2 is 2.13 bits per heavy atom. The molecule has 0 N–H and O–H groups in total. The van der Waals surface area contributed by atoms with Crippen LogP contribution >= 0.6 is 0 Å². The molecule has 1 aliphatic rings. The van der Waals surface area contributed by atoms with Gasteiger partial charge in [0.15, 0.2) is 0 Å². The third-order valence-electron chi connectivity index (χ3n) is 3.78. The molecule has 3 atom stereocenters. The van der Waals surface area contributed by atoms with Crippen LogP contribution < -0.4 is 0 Å². The summed E-state index contributed by atoms with van der Waals surface area (Å²) in [6, 6.07) is 0. The number of carbonyl (C=O) groups is 1. The smallest absolute Gasteiger partial charge is 0.308 e. The highest BCUT2D eigenvalue weighted by Gasteiger charge is 2.30. The Balaban J connectivity index is 2.44. The topological polar surface area (TPSA) is 26.3 Å². The molecule has 0 aromatic carbocycles. The molecule has 0 saturated heterocycles. The van der Waals surface area contributed by atoms with Crippen molar-refractivity contribution < 1.29 is 9.53 Å². The number of carbonyl (C=O) groups excluding carboxylic acids is 1. The van der Waals surface area contributed by atoms with Crippen molar-refractivity contribution in [2.45, 2.75) is 52.9 Å². The molecule has 0 bridgehead atoms. The zero-order valence-corrected chi connectivity index (χ0v) is 10.3. The third kappa shape index (κ3) is 3.51. The molecule has 15 heavy (non-hydrogen) atoms. The number of hydrogen-bond donors (Lipinski definition) is 0. The van der Waals surface area contributed by atoms with Crippen molar-refractivity contribution in [2.24, 2.45) is 17.8 Å². The lowest BCUT2D eigenvalue weighted by Gasteiger charge is -2.31. The molecule has 0 heterocycles. The van der Waals surface area contributed by atoms with Gasteiger partial charge in [0.25, 0.3) is 0 Å². The van der Waals surface area contributed by atoms with Crippen LogP contribution in [0, 0.1) is 17.8 Å². The summed E-state index contributed by atoms with van der Waals surface area (Å²) in [5.74, 6) is 1.70. The zero-order chi connectivity index (χ0) is 11.3. The van der Waals surface area contributed by atoms with Gasteiger partial charge in [0.2, 0.25) is 0 Å². The Morgan fingerprint density at radius 3 is 2.73 bits per heavy atom. The van der Waals surface area contributed by atoms with Crippen molar-refractivity contribution in [2.75, 3.05) is 6.61 Å². The Bertz CT molecular complexity index is 201. The van der Waals surface area contributed by atoms with Gasteiger partial charge in [-0.15, -0.1) is 0 Å². The van der Waals surface area contributed by atoms with Crippen molar-refractivity contribution in [1.29, 1.82) is 0 Å². The molecule has 1 aliphatic carbocycles. The molecule has 1 saturated carbocycles. The average Bonchev–Trinajstić information content (AvgIpc) is 2.28. The summed E-state index contributed by atoms with van der Waals surface area (Å²) in [5, 5.41) is 0. The second-order valence-electron chi connectivity index (χ2n) is 4.76. The first-order valence-electron chi connectivity index (χ1n) is 6.35. The largest absolute Gasteiger partial charge is 0.466 e. The quantitative estimate of drug-likeness (QED) is 0.668. The summed E-state index contributed by atoms with van der Waals surface area (Å²) in [7, 11) is 0. The highest BCUT2D eigenvalue weighted by Crippen LogP contribution is 2.35. The van der Waals surface area contributed by atoms with Gasteiger partial charge in [-0.2, -0.15) is 0 Å². The van der Waals surface area contributed by atoms with E-state index in [1.807, 2.05) is 6.92 Å². The van der Waals surface area contributed by atoms with E-state index in [1.54, 1.807) is 0 Å². The summed E-state index contributed by atoms with van der Waals surface area (Å²) in [4.78, 5) is 11.6. The minimum Gasteiger partial charge on any atom is -0.466 e. The van der Waals surface area contributed by atoms with Crippen LogP contribution in [0.3, 0.4) is 0 Å². The highest BCUT2D eigenvalue weighted by molar-refractivity contribution is 5.72. The van der Waals surface area contributed by atoms with Gasteiger partial charge in [0.05, 0.1) is 12.5 Å².